The van der Waals surface area contributed by atoms with Gasteiger partial charge in [-0.05, 0) is 18.6 Å². The van der Waals surface area contributed by atoms with E-state index in [1.165, 1.54) is 21.3 Å². The monoisotopic (exact) mass is 372 g/mol. The van der Waals surface area contributed by atoms with Gasteiger partial charge < -0.3 is 19.3 Å². The zero-order valence-electron chi connectivity index (χ0n) is 15.4. The average Bonchev–Trinajstić information content (AvgIpc) is 2.67. The van der Waals surface area contributed by atoms with Gasteiger partial charge in [0.2, 0.25) is 6.29 Å². The summed E-state index contributed by atoms with van der Waals surface area (Å²) >= 11 is 0. The number of rotatable bonds is 6. The van der Waals surface area contributed by atoms with Gasteiger partial charge in [0.15, 0.2) is 0 Å². The Morgan fingerprint density at radius 1 is 1.22 bits per heavy atom. The van der Waals surface area contributed by atoms with E-state index >= 15 is 0 Å². The van der Waals surface area contributed by atoms with Crippen LogP contribution in [0, 0.1) is 17.2 Å². The lowest BCUT2D eigenvalue weighted by Crippen LogP contribution is -2.38. The van der Waals surface area contributed by atoms with E-state index in [1.807, 2.05) is 6.07 Å². The number of nitriles is 1. The van der Waals surface area contributed by atoms with Gasteiger partial charge in [0.25, 0.3) is 0 Å². The predicted octanol–water partition coefficient (Wildman–Crippen LogP) is 1.86. The largest absolute Gasteiger partial charge is 0.481 e. The van der Waals surface area contributed by atoms with Crippen molar-refractivity contribution in [2.75, 3.05) is 21.3 Å². The summed E-state index contributed by atoms with van der Waals surface area (Å²) in [5, 5.41) is 19.3. The first-order valence-electron chi connectivity index (χ1n) is 8.06. The van der Waals surface area contributed by atoms with Gasteiger partial charge >= 0.3 is 11.9 Å². The third-order valence-corrected chi connectivity index (χ3v) is 4.41. The molecule has 0 amide bonds. The van der Waals surface area contributed by atoms with Gasteiger partial charge in [0.05, 0.1) is 24.3 Å². The normalized spacial score (nSPS) is 19.5. The van der Waals surface area contributed by atoms with E-state index in [4.69, 9.17) is 14.2 Å². The van der Waals surface area contributed by atoms with Crippen LogP contribution in [0.4, 0.5) is 0 Å². The number of hydrogen-bond acceptors (Lipinski definition) is 7. The molecule has 0 fully saturated rings. The van der Waals surface area contributed by atoms with E-state index in [2.05, 4.69) is 4.99 Å². The van der Waals surface area contributed by atoms with Crippen LogP contribution < -0.4 is 0 Å². The predicted molar refractivity (Wildman–Crippen MR) is 95.0 cm³/mol. The molecule has 8 heteroatoms. The SMILES string of the molecule is COC(=O)C1=C(C(OC)OC)N=C(C)C(C(=O)O)C1c1ccccc1C#N. The summed E-state index contributed by atoms with van der Waals surface area (Å²) in [6.07, 6.45) is -0.999. The van der Waals surface area contributed by atoms with Gasteiger partial charge in [-0.25, -0.2) is 4.79 Å². The summed E-state index contributed by atoms with van der Waals surface area (Å²) < 4.78 is 15.4. The number of carboxylic acids is 1. The number of esters is 1. The highest BCUT2D eigenvalue weighted by Gasteiger charge is 2.44. The smallest absolute Gasteiger partial charge is 0.336 e. The fraction of sp³-hybridized carbons (Fsp3) is 0.368. The summed E-state index contributed by atoms with van der Waals surface area (Å²) in [5.74, 6) is -4.05. The molecule has 0 saturated carbocycles. The molecule has 0 aliphatic carbocycles. The van der Waals surface area contributed by atoms with Crippen molar-refractivity contribution in [3.63, 3.8) is 0 Å². The molecule has 142 valence electrons. The van der Waals surface area contributed by atoms with E-state index in [1.54, 1.807) is 31.2 Å². The third-order valence-electron chi connectivity index (χ3n) is 4.41. The van der Waals surface area contributed by atoms with Crippen molar-refractivity contribution in [3.8, 4) is 6.07 Å². The highest BCUT2D eigenvalue weighted by molar-refractivity contribution is 6.06. The molecule has 8 nitrogen and oxygen atoms in total. The Kier molecular flexibility index (Phi) is 6.45. The van der Waals surface area contributed by atoms with E-state index < -0.39 is 30.1 Å². The van der Waals surface area contributed by atoms with E-state index in [9.17, 15) is 20.0 Å². The number of hydrogen-bond donors (Lipinski definition) is 1. The minimum absolute atomic E-state index is 0.00750. The number of aliphatic carboxylic acids is 1. The molecule has 1 aliphatic rings. The molecule has 1 aliphatic heterocycles. The molecule has 0 spiro atoms. The molecule has 2 rings (SSSR count). The van der Waals surface area contributed by atoms with E-state index in [-0.39, 0.29) is 22.5 Å². The van der Waals surface area contributed by atoms with Crippen molar-refractivity contribution in [2.24, 2.45) is 10.9 Å². The first kappa shape index (κ1) is 20.3. The van der Waals surface area contributed by atoms with Crippen molar-refractivity contribution in [2.45, 2.75) is 19.1 Å². The Bertz CT molecular complexity index is 848. The Balaban J connectivity index is 2.87. The molecule has 1 N–H and O–H groups in total. The molecule has 2 unspecified atom stereocenters. The molecule has 27 heavy (non-hydrogen) atoms. The van der Waals surface area contributed by atoms with Crippen LogP contribution >= 0.6 is 0 Å². The van der Waals surface area contributed by atoms with Gasteiger partial charge in [0.1, 0.15) is 11.6 Å². The van der Waals surface area contributed by atoms with Crippen LogP contribution in [-0.2, 0) is 23.8 Å². The number of aliphatic imine (C=N–C) groups is 1. The molecule has 2 atom stereocenters. The maximum Gasteiger partial charge on any atom is 0.336 e. The average molecular weight is 372 g/mol. The van der Waals surface area contributed by atoms with E-state index in [0.717, 1.165) is 0 Å². The third kappa shape index (κ3) is 3.74. The van der Waals surface area contributed by atoms with Gasteiger partial charge in [-0.3, -0.25) is 9.79 Å². The first-order chi connectivity index (χ1) is 12.9. The highest BCUT2D eigenvalue weighted by Crippen LogP contribution is 2.42. The van der Waals surface area contributed by atoms with Crippen LogP contribution in [0.15, 0.2) is 40.5 Å². The Morgan fingerprint density at radius 2 is 1.85 bits per heavy atom. The standard InChI is InChI=1S/C19H20N2O6/c1-10-13(17(22)23)14(12-8-6-5-7-11(12)9-20)15(18(24)25-2)16(21-10)19(26-3)27-4/h5-8,13-14,19H,1-4H3,(H,22,23). The van der Waals surface area contributed by atoms with Crippen LogP contribution in [0.1, 0.15) is 24.0 Å². The molecular weight excluding hydrogens is 352 g/mol. The van der Waals surface area contributed by atoms with Crippen molar-refractivity contribution < 1.29 is 28.9 Å². The molecular formula is C19H20N2O6. The van der Waals surface area contributed by atoms with Gasteiger partial charge in [-0.15, -0.1) is 0 Å². The fourth-order valence-corrected chi connectivity index (χ4v) is 3.25. The van der Waals surface area contributed by atoms with E-state index in [0.29, 0.717) is 5.56 Å². The van der Waals surface area contributed by atoms with Crippen molar-refractivity contribution >= 4 is 17.7 Å². The maximum atomic E-state index is 12.6. The Labute approximate surface area is 156 Å². The maximum absolute atomic E-state index is 12.6. The topological polar surface area (TPSA) is 118 Å². The van der Waals surface area contributed by atoms with Crippen LogP contribution in [0.3, 0.4) is 0 Å². The van der Waals surface area contributed by atoms with Crippen molar-refractivity contribution in [3.05, 3.63) is 46.7 Å². The molecule has 1 aromatic carbocycles. The number of benzene rings is 1. The summed E-state index contributed by atoms with van der Waals surface area (Å²) in [7, 11) is 3.95. The molecule has 1 heterocycles. The van der Waals surface area contributed by atoms with Gasteiger partial charge in [-0.2, -0.15) is 5.26 Å². The lowest BCUT2D eigenvalue weighted by Gasteiger charge is -2.32. The summed E-state index contributed by atoms with van der Waals surface area (Å²) in [6, 6.07) is 8.57. The van der Waals surface area contributed by atoms with Gasteiger partial charge in [0, 0.05) is 25.8 Å². The zero-order valence-corrected chi connectivity index (χ0v) is 15.4. The Morgan fingerprint density at radius 3 is 2.37 bits per heavy atom. The van der Waals surface area contributed by atoms with Crippen molar-refractivity contribution in [1.82, 2.24) is 0 Å². The second-order valence-electron chi connectivity index (χ2n) is 5.84. The second-order valence-corrected chi connectivity index (χ2v) is 5.84. The highest BCUT2D eigenvalue weighted by atomic mass is 16.7. The molecule has 1 aromatic rings. The molecule has 0 aromatic heterocycles. The van der Waals surface area contributed by atoms with Crippen LogP contribution in [-0.4, -0.2) is 50.4 Å². The molecule has 0 radical (unpaired) electrons. The van der Waals surface area contributed by atoms with Gasteiger partial charge in [-0.1, -0.05) is 18.2 Å². The number of ether oxygens (including phenoxy) is 3. The summed E-state index contributed by atoms with van der Waals surface area (Å²) in [6.45, 7) is 1.55. The minimum atomic E-state index is -1.17. The van der Waals surface area contributed by atoms with Crippen LogP contribution in [0.2, 0.25) is 0 Å². The number of methoxy groups -OCH3 is 3. The fourth-order valence-electron chi connectivity index (χ4n) is 3.25. The van der Waals surface area contributed by atoms with Crippen molar-refractivity contribution in [1.29, 1.82) is 5.26 Å². The summed E-state index contributed by atoms with van der Waals surface area (Å²) in [4.78, 5) is 28.9. The zero-order chi connectivity index (χ0) is 20.1. The lowest BCUT2D eigenvalue weighted by molar-refractivity contribution is -0.140. The molecule has 0 bridgehead atoms. The minimum Gasteiger partial charge on any atom is -0.481 e. The quantitative estimate of drug-likeness (QED) is 0.598. The Hall–Kier alpha value is -3.02. The summed E-state index contributed by atoms with van der Waals surface area (Å²) in [5.41, 5.74) is 1.04. The first-order valence-corrected chi connectivity index (χ1v) is 8.06. The second kappa shape index (κ2) is 8.58. The molecule has 0 saturated heterocycles. The van der Waals surface area contributed by atoms with Crippen LogP contribution in [0.25, 0.3) is 0 Å². The number of carbonyl (C=O) groups excluding carboxylic acids is 1. The number of carboxylic acid groups (broad SMARTS) is 1. The number of nitrogens with zero attached hydrogens (tertiary/aromatic N) is 2. The lowest BCUT2D eigenvalue weighted by atomic mass is 9.74. The van der Waals surface area contributed by atoms with Crippen LogP contribution in [0.5, 0.6) is 0 Å². The number of carbonyl (C=O) groups is 2.